The van der Waals surface area contributed by atoms with Crippen molar-refractivity contribution in [3.05, 3.63) is 11.9 Å². The van der Waals surface area contributed by atoms with Crippen LogP contribution in [0.5, 0.6) is 0 Å². The Morgan fingerprint density at radius 1 is 1.53 bits per heavy atom. The number of nitrogens with zero attached hydrogens (tertiary/aromatic N) is 4. The molecule has 5 nitrogen and oxygen atoms in total. The van der Waals surface area contributed by atoms with Crippen LogP contribution in [0.3, 0.4) is 0 Å². The summed E-state index contributed by atoms with van der Waals surface area (Å²) in [6, 6.07) is 0.630. The van der Waals surface area contributed by atoms with Crippen molar-refractivity contribution in [2.45, 2.75) is 32.9 Å². The van der Waals surface area contributed by atoms with Crippen LogP contribution in [0.4, 0.5) is 0 Å². The highest BCUT2D eigenvalue weighted by Gasteiger charge is 2.23. The van der Waals surface area contributed by atoms with Crippen LogP contribution in [0, 0.1) is 5.92 Å². The van der Waals surface area contributed by atoms with E-state index in [2.05, 4.69) is 34.4 Å². The maximum Gasteiger partial charge on any atom is 0.0967 e. The van der Waals surface area contributed by atoms with Gasteiger partial charge in [-0.25, -0.2) is 0 Å². The van der Waals surface area contributed by atoms with E-state index in [0.717, 1.165) is 37.8 Å². The summed E-state index contributed by atoms with van der Waals surface area (Å²) in [6.45, 7) is 8.78. The van der Waals surface area contributed by atoms with E-state index in [9.17, 15) is 0 Å². The van der Waals surface area contributed by atoms with Crippen LogP contribution in [0.15, 0.2) is 6.20 Å². The van der Waals surface area contributed by atoms with Gasteiger partial charge < -0.3 is 5.32 Å². The molecule has 0 bridgehead atoms. The first-order valence-electron chi connectivity index (χ1n) is 6.45. The fourth-order valence-electron chi connectivity index (χ4n) is 2.46. The molecule has 1 N–H and O–H groups in total. The third-order valence-electron chi connectivity index (χ3n) is 3.23. The van der Waals surface area contributed by atoms with E-state index < -0.39 is 0 Å². The minimum Gasteiger partial charge on any atom is -0.314 e. The second-order valence-corrected chi connectivity index (χ2v) is 5.34. The number of piperazine rings is 1. The summed E-state index contributed by atoms with van der Waals surface area (Å²) in [5.74, 6) is 0.740. The Morgan fingerprint density at radius 2 is 2.35 bits per heavy atom. The Kier molecular flexibility index (Phi) is 4.12. The fourth-order valence-corrected chi connectivity index (χ4v) is 2.46. The molecule has 2 heterocycles. The van der Waals surface area contributed by atoms with Crippen LogP contribution < -0.4 is 5.32 Å². The zero-order chi connectivity index (χ0) is 12.3. The first-order valence-corrected chi connectivity index (χ1v) is 6.45. The molecule has 1 aromatic heterocycles. The fraction of sp³-hybridized carbons (Fsp3) is 0.833. The number of aryl methyl sites for hydroxylation is 1. The van der Waals surface area contributed by atoms with Gasteiger partial charge in [0.2, 0.25) is 0 Å². The number of hydrogen-bond donors (Lipinski definition) is 1. The van der Waals surface area contributed by atoms with E-state index in [1.807, 2.05) is 13.2 Å². The quantitative estimate of drug-likeness (QED) is 0.834. The first kappa shape index (κ1) is 12.5. The molecule has 1 atom stereocenters. The summed E-state index contributed by atoms with van der Waals surface area (Å²) in [5.41, 5.74) is 1.07. The topological polar surface area (TPSA) is 46.0 Å². The summed E-state index contributed by atoms with van der Waals surface area (Å²) in [4.78, 5) is 2.53. The highest BCUT2D eigenvalue weighted by molar-refractivity contribution is 4.94. The highest BCUT2D eigenvalue weighted by atomic mass is 15.4. The van der Waals surface area contributed by atoms with Crippen LogP contribution in [0.25, 0.3) is 0 Å². The lowest BCUT2D eigenvalue weighted by Gasteiger charge is -2.36. The average Bonchev–Trinajstić information content (AvgIpc) is 2.66. The van der Waals surface area contributed by atoms with E-state index in [1.165, 1.54) is 6.42 Å². The molecule has 0 amide bonds. The van der Waals surface area contributed by atoms with Crippen molar-refractivity contribution < 1.29 is 0 Å². The molecule has 5 heteroatoms. The lowest BCUT2D eigenvalue weighted by atomic mass is 10.0. The van der Waals surface area contributed by atoms with E-state index in [1.54, 1.807) is 4.68 Å². The molecular weight excluding hydrogens is 214 g/mol. The molecule has 1 aliphatic heterocycles. The van der Waals surface area contributed by atoms with Gasteiger partial charge in [-0.2, -0.15) is 0 Å². The summed E-state index contributed by atoms with van der Waals surface area (Å²) < 4.78 is 1.77. The molecule has 1 aromatic rings. The largest absolute Gasteiger partial charge is 0.314 e. The van der Waals surface area contributed by atoms with Crippen molar-refractivity contribution >= 4 is 0 Å². The van der Waals surface area contributed by atoms with E-state index in [-0.39, 0.29) is 0 Å². The Hall–Kier alpha value is -0.940. The third kappa shape index (κ3) is 3.51. The second-order valence-electron chi connectivity index (χ2n) is 5.34. The Morgan fingerprint density at radius 3 is 3.00 bits per heavy atom. The van der Waals surface area contributed by atoms with Gasteiger partial charge in [-0.05, 0) is 12.3 Å². The van der Waals surface area contributed by atoms with Gasteiger partial charge in [0.15, 0.2) is 0 Å². The van der Waals surface area contributed by atoms with E-state index in [0.29, 0.717) is 6.04 Å². The number of hydrogen-bond acceptors (Lipinski definition) is 4. The molecule has 0 saturated carbocycles. The molecule has 96 valence electrons. The molecule has 0 spiro atoms. The van der Waals surface area contributed by atoms with Crippen LogP contribution in [0.2, 0.25) is 0 Å². The Bertz CT molecular complexity index is 346. The predicted molar refractivity (Wildman–Crippen MR) is 67.5 cm³/mol. The number of aromatic nitrogens is 3. The molecule has 1 aliphatic rings. The smallest absolute Gasteiger partial charge is 0.0967 e. The van der Waals surface area contributed by atoms with Crippen LogP contribution in [-0.4, -0.2) is 45.6 Å². The third-order valence-corrected chi connectivity index (χ3v) is 3.23. The van der Waals surface area contributed by atoms with Crippen molar-refractivity contribution in [1.82, 2.24) is 25.2 Å². The number of rotatable bonds is 4. The first-order chi connectivity index (χ1) is 8.15. The van der Waals surface area contributed by atoms with Gasteiger partial charge in [0, 0.05) is 45.5 Å². The predicted octanol–water partition coefficient (Wildman–Crippen LogP) is 0.635. The summed E-state index contributed by atoms with van der Waals surface area (Å²) in [6.07, 6.45) is 3.25. The van der Waals surface area contributed by atoms with Gasteiger partial charge in [-0.1, -0.05) is 19.1 Å². The van der Waals surface area contributed by atoms with Gasteiger partial charge in [-0.15, -0.1) is 5.10 Å². The zero-order valence-electron chi connectivity index (χ0n) is 11.1. The summed E-state index contributed by atoms with van der Waals surface area (Å²) in [5, 5.41) is 11.6. The molecule has 1 saturated heterocycles. The van der Waals surface area contributed by atoms with Gasteiger partial charge in [0.05, 0.1) is 5.69 Å². The molecule has 0 radical (unpaired) electrons. The van der Waals surface area contributed by atoms with Crippen molar-refractivity contribution in [1.29, 1.82) is 0 Å². The maximum absolute atomic E-state index is 4.17. The normalized spacial score (nSPS) is 22.2. The lowest BCUT2D eigenvalue weighted by Crippen LogP contribution is -2.51. The van der Waals surface area contributed by atoms with Gasteiger partial charge >= 0.3 is 0 Å². The summed E-state index contributed by atoms with van der Waals surface area (Å²) in [7, 11) is 1.92. The van der Waals surface area contributed by atoms with Gasteiger partial charge in [0.1, 0.15) is 0 Å². The molecule has 1 unspecified atom stereocenters. The minimum atomic E-state index is 0.630. The van der Waals surface area contributed by atoms with Crippen LogP contribution in [0.1, 0.15) is 26.0 Å². The Balaban J connectivity index is 1.96. The Labute approximate surface area is 103 Å². The van der Waals surface area contributed by atoms with Crippen molar-refractivity contribution in [3.63, 3.8) is 0 Å². The van der Waals surface area contributed by atoms with E-state index in [4.69, 9.17) is 0 Å². The maximum atomic E-state index is 4.17. The molecule has 0 aliphatic carbocycles. The molecule has 1 fully saturated rings. The molecule has 0 aromatic carbocycles. The van der Waals surface area contributed by atoms with Crippen LogP contribution >= 0.6 is 0 Å². The van der Waals surface area contributed by atoms with E-state index >= 15 is 0 Å². The minimum absolute atomic E-state index is 0.630. The zero-order valence-corrected chi connectivity index (χ0v) is 11.1. The highest BCUT2D eigenvalue weighted by Crippen LogP contribution is 2.15. The van der Waals surface area contributed by atoms with Crippen molar-refractivity contribution in [3.8, 4) is 0 Å². The SMILES string of the molecule is CC(C)CC1CNCCN1Cc1cn(C)nn1. The summed E-state index contributed by atoms with van der Waals surface area (Å²) >= 11 is 0. The van der Waals surface area contributed by atoms with Crippen LogP contribution in [-0.2, 0) is 13.6 Å². The lowest BCUT2D eigenvalue weighted by molar-refractivity contribution is 0.132. The second kappa shape index (κ2) is 5.60. The van der Waals surface area contributed by atoms with Crippen molar-refractivity contribution in [2.24, 2.45) is 13.0 Å². The molecule has 17 heavy (non-hydrogen) atoms. The molecule has 2 rings (SSSR count). The number of nitrogens with one attached hydrogen (secondary N) is 1. The van der Waals surface area contributed by atoms with Gasteiger partial charge in [-0.3, -0.25) is 9.58 Å². The average molecular weight is 237 g/mol. The van der Waals surface area contributed by atoms with Crippen molar-refractivity contribution in [2.75, 3.05) is 19.6 Å². The standard InChI is InChI=1S/C12H23N5/c1-10(2)6-12-7-13-4-5-17(12)9-11-8-16(3)15-14-11/h8,10,12-13H,4-7,9H2,1-3H3. The molecular formula is C12H23N5. The monoisotopic (exact) mass is 237 g/mol. The van der Waals surface area contributed by atoms with Gasteiger partial charge in [0.25, 0.3) is 0 Å².